The molecule has 1 saturated heterocycles. The summed E-state index contributed by atoms with van der Waals surface area (Å²) in [5, 5.41) is 6.25. The Kier molecular flexibility index (Phi) is 8.06. The quantitative estimate of drug-likeness (QED) is 0.515. The summed E-state index contributed by atoms with van der Waals surface area (Å²) in [4.78, 5) is 14.1. The lowest BCUT2D eigenvalue weighted by Gasteiger charge is -2.47. The van der Waals surface area contributed by atoms with E-state index < -0.39 is 23.9 Å². The molecule has 4 rings (SSSR count). The molecule has 35 heavy (non-hydrogen) atoms. The number of alkyl halides is 3. The van der Waals surface area contributed by atoms with E-state index in [-0.39, 0.29) is 30.6 Å². The van der Waals surface area contributed by atoms with Gasteiger partial charge >= 0.3 is 12.3 Å². The van der Waals surface area contributed by atoms with Gasteiger partial charge in [0.2, 0.25) is 0 Å². The van der Waals surface area contributed by atoms with E-state index in [4.69, 9.17) is 9.47 Å². The van der Waals surface area contributed by atoms with E-state index in [1.54, 1.807) is 0 Å². The zero-order chi connectivity index (χ0) is 25.0. The van der Waals surface area contributed by atoms with Crippen LogP contribution in [0.4, 0.5) is 23.7 Å². The Balaban J connectivity index is 1.45. The first-order valence-electron chi connectivity index (χ1n) is 12.2. The van der Waals surface area contributed by atoms with Crippen molar-refractivity contribution in [3.8, 4) is 0 Å². The largest absolute Gasteiger partial charge is 0.447 e. The first-order valence-corrected chi connectivity index (χ1v) is 12.2. The van der Waals surface area contributed by atoms with Gasteiger partial charge in [-0.1, -0.05) is 24.3 Å². The fourth-order valence-corrected chi connectivity index (χ4v) is 5.19. The van der Waals surface area contributed by atoms with Crippen molar-refractivity contribution in [2.75, 3.05) is 39.1 Å². The standard InChI is InChI=1S/C26H34F3N3O3/c1-32(2)14-6-13-30-25(33)34-16-19-10-11-20-23(17-7-4-3-5-8-17)31-22-12-9-18(26(27,28)29)15-21(22)24(20)35-19/h3-5,7,9,12,15,17,19-20,23-24,31H,6,8,10-11,13-14,16H2,1-2H3,(H,30,33)/t17?,19-,20+,23+,24+/m1/s1. The number of hydrogen-bond donors (Lipinski definition) is 2. The third-order valence-electron chi connectivity index (χ3n) is 6.95. The SMILES string of the molecule is CN(C)CCCNC(=O)OC[C@H]1CC[C@@H]2[C@H](O1)c1cc(C(F)(F)F)ccc1N[C@H]2C1C=CC=CC1. The average molecular weight is 494 g/mol. The fraction of sp³-hybridized carbons (Fsp3) is 0.577. The maximum atomic E-state index is 13.5. The highest BCUT2D eigenvalue weighted by Crippen LogP contribution is 2.49. The van der Waals surface area contributed by atoms with Gasteiger partial charge in [0, 0.05) is 35.7 Å². The molecule has 0 spiro atoms. The van der Waals surface area contributed by atoms with E-state index in [1.807, 2.05) is 31.1 Å². The first kappa shape index (κ1) is 25.6. The number of nitrogens with zero attached hydrogens (tertiary/aromatic N) is 1. The molecule has 9 heteroatoms. The van der Waals surface area contributed by atoms with Crippen molar-refractivity contribution in [2.24, 2.45) is 11.8 Å². The second-order valence-electron chi connectivity index (χ2n) is 9.78. The third-order valence-corrected chi connectivity index (χ3v) is 6.95. The van der Waals surface area contributed by atoms with Gasteiger partial charge in [-0.3, -0.25) is 0 Å². The number of alkyl carbamates (subject to hydrolysis) is 1. The van der Waals surface area contributed by atoms with Crippen LogP contribution >= 0.6 is 0 Å². The molecule has 1 aromatic rings. The topological polar surface area (TPSA) is 62.8 Å². The Morgan fingerprint density at radius 2 is 2.09 bits per heavy atom. The van der Waals surface area contributed by atoms with E-state index >= 15 is 0 Å². The highest BCUT2D eigenvalue weighted by Gasteiger charge is 2.45. The molecule has 2 aliphatic heterocycles. The Bertz CT molecular complexity index is 948. The van der Waals surface area contributed by atoms with Gasteiger partial charge in [0.25, 0.3) is 0 Å². The Hall–Kier alpha value is -2.52. The molecule has 5 atom stereocenters. The number of allylic oxidation sites excluding steroid dienone is 3. The molecule has 2 heterocycles. The number of ether oxygens (including phenoxy) is 2. The number of fused-ring (bicyclic) bond motifs is 3. The molecule has 192 valence electrons. The van der Waals surface area contributed by atoms with Gasteiger partial charge in [-0.15, -0.1) is 0 Å². The van der Waals surface area contributed by atoms with Crippen molar-refractivity contribution in [3.05, 3.63) is 53.6 Å². The predicted octanol–water partition coefficient (Wildman–Crippen LogP) is 5.15. The molecule has 1 aromatic carbocycles. The minimum atomic E-state index is -4.43. The summed E-state index contributed by atoms with van der Waals surface area (Å²) in [5.41, 5.74) is 0.511. The van der Waals surface area contributed by atoms with E-state index in [2.05, 4.69) is 22.8 Å². The lowest BCUT2D eigenvalue weighted by Crippen LogP contribution is -2.47. The van der Waals surface area contributed by atoms with E-state index in [0.717, 1.165) is 31.9 Å². The van der Waals surface area contributed by atoms with Gasteiger partial charge in [0.15, 0.2) is 0 Å². The van der Waals surface area contributed by atoms with Gasteiger partial charge in [-0.25, -0.2) is 4.79 Å². The molecule has 1 unspecified atom stereocenters. The predicted molar refractivity (Wildman–Crippen MR) is 128 cm³/mol. The van der Waals surface area contributed by atoms with Crippen molar-refractivity contribution in [2.45, 2.75) is 50.1 Å². The number of nitrogens with one attached hydrogen (secondary N) is 2. The van der Waals surface area contributed by atoms with Crippen molar-refractivity contribution in [1.29, 1.82) is 0 Å². The Labute approximate surface area is 204 Å². The second kappa shape index (κ2) is 11.0. The fourth-order valence-electron chi connectivity index (χ4n) is 5.19. The normalized spacial score (nSPS) is 27.7. The molecular weight excluding hydrogens is 459 g/mol. The number of carbonyl (C=O) groups is 1. The molecule has 0 saturated carbocycles. The maximum Gasteiger partial charge on any atom is 0.416 e. The molecule has 1 fully saturated rings. The molecule has 6 nitrogen and oxygen atoms in total. The summed E-state index contributed by atoms with van der Waals surface area (Å²) in [7, 11) is 3.93. The number of carbonyl (C=O) groups excluding carboxylic acids is 1. The molecule has 2 N–H and O–H groups in total. The monoisotopic (exact) mass is 493 g/mol. The molecule has 0 bridgehead atoms. The van der Waals surface area contributed by atoms with E-state index in [9.17, 15) is 18.0 Å². The van der Waals surface area contributed by atoms with Crippen LogP contribution in [0.1, 0.15) is 42.9 Å². The summed E-state index contributed by atoms with van der Waals surface area (Å²) in [5.74, 6) is 0.246. The Morgan fingerprint density at radius 1 is 1.26 bits per heavy atom. The van der Waals surface area contributed by atoms with Gasteiger partial charge in [0.05, 0.1) is 17.8 Å². The summed E-state index contributed by atoms with van der Waals surface area (Å²) < 4.78 is 52.1. The van der Waals surface area contributed by atoms with E-state index in [0.29, 0.717) is 24.2 Å². The molecule has 1 aliphatic carbocycles. The lowest BCUT2D eigenvalue weighted by molar-refractivity contribution is -0.138. The summed E-state index contributed by atoms with van der Waals surface area (Å²) in [6.45, 7) is 1.44. The van der Waals surface area contributed by atoms with Crippen LogP contribution in [-0.4, -0.2) is 56.9 Å². The van der Waals surface area contributed by atoms with Crippen LogP contribution < -0.4 is 10.6 Å². The second-order valence-corrected chi connectivity index (χ2v) is 9.78. The maximum absolute atomic E-state index is 13.5. The number of halogens is 3. The van der Waals surface area contributed by atoms with Crippen LogP contribution in [0.2, 0.25) is 0 Å². The third kappa shape index (κ3) is 6.38. The van der Waals surface area contributed by atoms with Crippen molar-refractivity contribution in [1.82, 2.24) is 10.2 Å². The van der Waals surface area contributed by atoms with Crippen LogP contribution in [0.5, 0.6) is 0 Å². The molecular formula is C26H34F3N3O3. The van der Waals surface area contributed by atoms with Gasteiger partial charge in [-0.05, 0) is 64.5 Å². The zero-order valence-corrected chi connectivity index (χ0v) is 20.2. The van der Waals surface area contributed by atoms with Crippen LogP contribution in [0.3, 0.4) is 0 Å². The minimum Gasteiger partial charge on any atom is -0.447 e. The van der Waals surface area contributed by atoms with Crippen LogP contribution in [0.25, 0.3) is 0 Å². The van der Waals surface area contributed by atoms with Gasteiger partial charge in [-0.2, -0.15) is 13.2 Å². The van der Waals surface area contributed by atoms with Crippen LogP contribution in [0.15, 0.2) is 42.5 Å². The Morgan fingerprint density at radius 3 is 2.80 bits per heavy atom. The number of hydrogen-bond acceptors (Lipinski definition) is 5. The van der Waals surface area contributed by atoms with Gasteiger partial charge in [0.1, 0.15) is 6.61 Å². The molecule has 3 aliphatic rings. The van der Waals surface area contributed by atoms with Crippen molar-refractivity contribution in [3.63, 3.8) is 0 Å². The van der Waals surface area contributed by atoms with E-state index in [1.165, 1.54) is 12.1 Å². The van der Waals surface area contributed by atoms with Crippen LogP contribution in [-0.2, 0) is 15.7 Å². The molecule has 1 amide bonds. The minimum absolute atomic E-state index is 0.0169. The number of anilines is 1. The van der Waals surface area contributed by atoms with Crippen molar-refractivity contribution < 1.29 is 27.4 Å². The summed E-state index contributed by atoms with van der Waals surface area (Å²) in [6, 6.07) is 3.87. The number of rotatable bonds is 7. The summed E-state index contributed by atoms with van der Waals surface area (Å²) >= 11 is 0. The number of amides is 1. The number of benzene rings is 1. The van der Waals surface area contributed by atoms with Gasteiger partial charge < -0.3 is 25.0 Å². The van der Waals surface area contributed by atoms with Crippen molar-refractivity contribution >= 4 is 11.8 Å². The first-order chi connectivity index (χ1) is 16.7. The summed E-state index contributed by atoms with van der Waals surface area (Å²) in [6.07, 6.45) is 5.61. The smallest absolute Gasteiger partial charge is 0.416 e. The molecule has 0 radical (unpaired) electrons. The highest BCUT2D eigenvalue weighted by molar-refractivity contribution is 5.67. The highest BCUT2D eigenvalue weighted by atomic mass is 19.4. The average Bonchev–Trinajstić information content (AvgIpc) is 2.84. The zero-order valence-electron chi connectivity index (χ0n) is 20.2. The molecule has 0 aromatic heterocycles. The lowest BCUT2D eigenvalue weighted by atomic mass is 9.73. The van der Waals surface area contributed by atoms with Crippen LogP contribution in [0, 0.1) is 11.8 Å².